The van der Waals surface area contributed by atoms with E-state index in [0.717, 1.165) is 10.1 Å². The number of nitrogens with zero attached hydrogens (tertiary/aromatic N) is 2. The van der Waals surface area contributed by atoms with Crippen LogP contribution >= 0.6 is 0 Å². The summed E-state index contributed by atoms with van der Waals surface area (Å²) in [5.41, 5.74) is 2.32. The third-order valence-corrected chi connectivity index (χ3v) is 3.10. The Labute approximate surface area is 111 Å². The number of nitrogens with one attached hydrogen (secondary N) is 1. The summed E-state index contributed by atoms with van der Waals surface area (Å²) in [6.45, 7) is 1.79. The molecule has 1 aromatic carbocycles. The van der Waals surface area contributed by atoms with Crippen LogP contribution in [-0.4, -0.2) is 9.55 Å². The van der Waals surface area contributed by atoms with E-state index in [2.05, 4.69) is 10.3 Å². The summed E-state index contributed by atoms with van der Waals surface area (Å²) in [6.07, 6.45) is 2.68. The second-order valence-electron chi connectivity index (χ2n) is 4.54. The number of hydrogen-bond donors (Lipinski definition) is 1. The average molecular weight is 265 g/mol. The highest BCUT2D eigenvalue weighted by Crippen LogP contribution is 2.15. The van der Waals surface area contributed by atoms with E-state index in [1.165, 1.54) is 18.0 Å². The van der Waals surface area contributed by atoms with Crippen molar-refractivity contribution in [1.82, 2.24) is 14.9 Å². The smallest absolute Gasteiger partial charge is 0.303 e. The molecule has 0 saturated heterocycles. The Morgan fingerprint density at radius 1 is 1.26 bits per heavy atom. The zero-order chi connectivity index (χ0) is 13.8. The van der Waals surface area contributed by atoms with Gasteiger partial charge in [0.2, 0.25) is 0 Å². The molecule has 0 radical (unpaired) electrons. The number of aryl methyl sites for hydroxylation is 1. The summed E-state index contributed by atoms with van der Waals surface area (Å²) in [5, 5.41) is 3.20. The van der Waals surface area contributed by atoms with Gasteiger partial charge in [0.25, 0.3) is 0 Å². The van der Waals surface area contributed by atoms with Crippen molar-refractivity contribution >= 4 is 0 Å². The summed E-state index contributed by atoms with van der Waals surface area (Å²) in [5.74, 6) is 0.342. The van der Waals surface area contributed by atoms with Crippen LogP contribution in [0.25, 0.3) is 0 Å². The lowest BCUT2D eigenvalue weighted by atomic mass is 10.1. The lowest BCUT2D eigenvalue weighted by molar-refractivity contribution is 0.0665. The molecule has 0 fully saturated rings. The van der Waals surface area contributed by atoms with E-state index in [1.54, 1.807) is 0 Å². The first-order valence-electron chi connectivity index (χ1n) is 6.17. The molecule has 5 heteroatoms. The van der Waals surface area contributed by atoms with E-state index in [-0.39, 0.29) is 6.04 Å². The maximum absolute atomic E-state index is 12.6. The van der Waals surface area contributed by atoms with Gasteiger partial charge in [-0.3, -0.25) is 4.57 Å². The van der Waals surface area contributed by atoms with Gasteiger partial charge in [-0.25, -0.2) is 4.98 Å². The van der Waals surface area contributed by atoms with Crippen molar-refractivity contribution < 1.29 is 8.78 Å². The first-order chi connectivity index (χ1) is 9.08. The Morgan fingerprint density at radius 3 is 2.58 bits per heavy atom. The van der Waals surface area contributed by atoms with Crippen molar-refractivity contribution in [3.8, 4) is 0 Å². The molecule has 0 saturated carbocycles. The normalized spacial score (nSPS) is 12.9. The molecule has 1 aromatic heterocycles. The molecule has 0 aliphatic rings. The Hall–Kier alpha value is -1.75. The van der Waals surface area contributed by atoms with Gasteiger partial charge >= 0.3 is 6.55 Å². The van der Waals surface area contributed by atoms with E-state index < -0.39 is 6.55 Å². The van der Waals surface area contributed by atoms with Crippen LogP contribution in [0.5, 0.6) is 0 Å². The predicted molar refractivity (Wildman–Crippen MR) is 69.9 cm³/mol. The van der Waals surface area contributed by atoms with Crippen molar-refractivity contribution in [2.75, 3.05) is 0 Å². The Morgan fingerprint density at radius 2 is 1.95 bits per heavy atom. The van der Waals surface area contributed by atoms with Crippen LogP contribution < -0.4 is 5.32 Å². The van der Waals surface area contributed by atoms with E-state index in [0.29, 0.717) is 12.4 Å². The summed E-state index contributed by atoms with van der Waals surface area (Å²) in [6, 6.07) is 8.23. The van der Waals surface area contributed by atoms with E-state index in [1.807, 2.05) is 38.1 Å². The first kappa shape index (κ1) is 13.7. The Balaban J connectivity index is 1.98. The highest BCUT2D eigenvalue weighted by molar-refractivity contribution is 5.23. The second kappa shape index (κ2) is 5.93. The molecule has 0 amide bonds. The molecule has 0 aliphatic carbocycles. The quantitative estimate of drug-likeness (QED) is 0.897. The molecule has 1 atom stereocenters. The van der Waals surface area contributed by atoms with Crippen LogP contribution in [0.3, 0.4) is 0 Å². The van der Waals surface area contributed by atoms with Gasteiger partial charge in [-0.15, -0.1) is 0 Å². The zero-order valence-corrected chi connectivity index (χ0v) is 11.0. The fourth-order valence-corrected chi connectivity index (χ4v) is 1.88. The van der Waals surface area contributed by atoms with Gasteiger partial charge in [-0.1, -0.05) is 29.8 Å². The van der Waals surface area contributed by atoms with Crippen LogP contribution in [0.1, 0.15) is 36.5 Å². The van der Waals surface area contributed by atoms with Crippen molar-refractivity contribution in [2.45, 2.75) is 33.0 Å². The molecule has 102 valence electrons. The largest absolute Gasteiger partial charge is 0.319 e. The maximum atomic E-state index is 12.6. The number of imidazole rings is 1. The van der Waals surface area contributed by atoms with Crippen LogP contribution in [0.15, 0.2) is 36.7 Å². The molecular formula is C14H17F2N3. The van der Waals surface area contributed by atoms with Crippen LogP contribution in [0.2, 0.25) is 0 Å². The van der Waals surface area contributed by atoms with E-state index >= 15 is 0 Å². The minimum atomic E-state index is -2.55. The van der Waals surface area contributed by atoms with Crippen molar-refractivity contribution in [2.24, 2.45) is 0 Å². The third kappa shape index (κ3) is 3.38. The van der Waals surface area contributed by atoms with Gasteiger partial charge in [0.1, 0.15) is 5.82 Å². The van der Waals surface area contributed by atoms with Gasteiger partial charge < -0.3 is 5.32 Å². The highest BCUT2D eigenvalue weighted by atomic mass is 19.3. The Bertz CT molecular complexity index is 520. The molecule has 1 N–H and O–H groups in total. The van der Waals surface area contributed by atoms with Gasteiger partial charge in [-0.05, 0) is 19.4 Å². The monoisotopic (exact) mass is 265 g/mol. The lowest BCUT2D eigenvalue weighted by Gasteiger charge is -2.15. The fourth-order valence-electron chi connectivity index (χ4n) is 1.88. The lowest BCUT2D eigenvalue weighted by Crippen LogP contribution is -2.20. The van der Waals surface area contributed by atoms with Gasteiger partial charge in [0.15, 0.2) is 0 Å². The van der Waals surface area contributed by atoms with Crippen LogP contribution in [0.4, 0.5) is 8.78 Å². The molecule has 2 aromatic rings. The Kier molecular flexibility index (Phi) is 4.27. The van der Waals surface area contributed by atoms with Crippen molar-refractivity contribution in [1.29, 1.82) is 0 Å². The molecule has 0 aliphatic heterocycles. The third-order valence-electron chi connectivity index (χ3n) is 3.10. The number of aromatic nitrogens is 2. The molecule has 1 heterocycles. The molecule has 19 heavy (non-hydrogen) atoms. The van der Waals surface area contributed by atoms with Crippen molar-refractivity contribution in [3.05, 3.63) is 53.6 Å². The van der Waals surface area contributed by atoms with Crippen LogP contribution in [0, 0.1) is 6.92 Å². The number of rotatable bonds is 5. The predicted octanol–water partition coefficient (Wildman–Crippen LogP) is 3.44. The number of hydrogen-bond acceptors (Lipinski definition) is 2. The van der Waals surface area contributed by atoms with Gasteiger partial charge in [0, 0.05) is 18.4 Å². The highest BCUT2D eigenvalue weighted by Gasteiger charge is 2.12. The average Bonchev–Trinajstić information content (AvgIpc) is 2.85. The van der Waals surface area contributed by atoms with Crippen molar-refractivity contribution in [3.63, 3.8) is 0 Å². The first-order valence-corrected chi connectivity index (χ1v) is 6.17. The van der Waals surface area contributed by atoms with E-state index in [9.17, 15) is 8.78 Å². The summed E-state index contributed by atoms with van der Waals surface area (Å²) in [7, 11) is 0. The topological polar surface area (TPSA) is 29.9 Å². The maximum Gasteiger partial charge on any atom is 0.319 e. The minimum absolute atomic E-state index is 0.0865. The number of alkyl halides is 2. The number of benzene rings is 1. The SMILES string of the molecule is Cc1ccc([C@H](C)NCc2nccn2C(F)F)cc1. The van der Waals surface area contributed by atoms with Gasteiger partial charge in [-0.2, -0.15) is 8.78 Å². The molecule has 0 spiro atoms. The van der Waals surface area contributed by atoms with Crippen LogP contribution in [-0.2, 0) is 6.54 Å². The number of halogens is 2. The van der Waals surface area contributed by atoms with Gasteiger partial charge in [0.05, 0.1) is 6.54 Å². The standard InChI is InChI=1S/C14H17F2N3/c1-10-3-5-12(6-4-10)11(2)18-9-13-17-7-8-19(13)14(15)16/h3-8,11,14,18H,9H2,1-2H3/t11-/m0/s1. The van der Waals surface area contributed by atoms with E-state index in [4.69, 9.17) is 0 Å². The fraction of sp³-hybridized carbons (Fsp3) is 0.357. The molecule has 0 unspecified atom stereocenters. The molecule has 2 rings (SSSR count). The molecule has 0 bridgehead atoms. The summed E-state index contributed by atoms with van der Waals surface area (Å²) >= 11 is 0. The summed E-state index contributed by atoms with van der Waals surface area (Å²) in [4.78, 5) is 3.94. The second-order valence-corrected chi connectivity index (χ2v) is 4.54. The summed E-state index contributed by atoms with van der Waals surface area (Å²) < 4.78 is 26.2. The molecular weight excluding hydrogens is 248 g/mol. The minimum Gasteiger partial charge on any atom is -0.303 e. The zero-order valence-electron chi connectivity index (χ0n) is 11.0. The molecule has 3 nitrogen and oxygen atoms in total.